The molecule has 21 heavy (non-hydrogen) atoms. The lowest BCUT2D eigenvalue weighted by molar-refractivity contribution is -0.139. The zero-order chi connectivity index (χ0) is 15.6. The molecule has 2 rings (SSSR count). The number of anilines is 1. The highest BCUT2D eigenvalue weighted by Gasteiger charge is 2.34. The van der Waals surface area contributed by atoms with Gasteiger partial charge in [0.15, 0.2) is 0 Å². The number of halogens is 5. The summed E-state index contributed by atoms with van der Waals surface area (Å²) in [5.74, 6) is -1.28. The lowest BCUT2D eigenvalue weighted by atomic mass is 10.1. The average Bonchev–Trinajstić information content (AvgIpc) is 2.38. The van der Waals surface area contributed by atoms with Crippen LogP contribution >= 0.6 is 11.6 Å². The summed E-state index contributed by atoms with van der Waals surface area (Å²) in [5.41, 5.74) is 0.754. The molecule has 0 bridgehead atoms. The topological polar surface area (TPSA) is 12.0 Å². The quantitative estimate of drug-likeness (QED) is 0.745. The summed E-state index contributed by atoms with van der Waals surface area (Å²) < 4.78 is 51.0. The van der Waals surface area contributed by atoms with Gasteiger partial charge in [-0.25, -0.2) is 4.39 Å². The minimum absolute atomic E-state index is 0.207. The van der Waals surface area contributed by atoms with Crippen LogP contribution in [0.3, 0.4) is 0 Å². The summed E-state index contributed by atoms with van der Waals surface area (Å²) in [6.07, 6.45) is -4.71. The SMILES string of the molecule is Cc1cc(Cl)ccc1CNc1ccc(F)c(C(F)(F)F)c1. The van der Waals surface area contributed by atoms with Gasteiger partial charge in [-0.05, 0) is 48.4 Å². The zero-order valence-electron chi connectivity index (χ0n) is 11.1. The molecule has 0 unspecified atom stereocenters. The van der Waals surface area contributed by atoms with E-state index in [1.54, 1.807) is 18.2 Å². The first-order valence-corrected chi connectivity index (χ1v) is 6.51. The maximum Gasteiger partial charge on any atom is 0.419 e. The molecule has 6 heteroatoms. The molecule has 0 heterocycles. The van der Waals surface area contributed by atoms with Crippen LogP contribution in [-0.4, -0.2) is 0 Å². The van der Waals surface area contributed by atoms with E-state index in [0.717, 1.165) is 23.3 Å². The van der Waals surface area contributed by atoms with Crippen molar-refractivity contribution in [1.29, 1.82) is 0 Å². The largest absolute Gasteiger partial charge is 0.419 e. The number of alkyl halides is 3. The number of aryl methyl sites for hydroxylation is 1. The van der Waals surface area contributed by atoms with E-state index in [2.05, 4.69) is 5.32 Å². The second-order valence-electron chi connectivity index (χ2n) is 4.62. The highest BCUT2D eigenvalue weighted by Crippen LogP contribution is 2.33. The van der Waals surface area contributed by atoms with Crippen LogP contribution in [0.1, 0.15) is 16.7 Å². The van der Waals surface area contributed by atoms with Crippen LogP contribution in [0.5, 0.6) is 0 Å². The van der Waals surface area contributed by atoms with Gasteiger partial charge in [-0.3, -0.25) is 0 Å². The average molecular weight is 318 g/mol. The fourth-order valence-corrected chi connectivity index (χ4v) is 2.13. The van der Waals surface area contributed by atoms with Crippen LogP contribution in [-0.2, 0) is 12.7 Å². The molecule has 0 atom stereocenters. The number of hydrogen-bond acceptors (Lipinski definition) is 1. The highest BCUT2D eigenvalue weighted by atomic mass is 35.5. The van der Waals surface area contributed by atoms with Crippen molar-refractivity contribution in [3.05, 3.63) is 63.9 Å². The molecule has 2 aromatic carbocycles. The smallest absolute Gasteiger partial charge is 0.381 e. The maximum absolute atomic E-state index is 13.2. The van der Waals surface area contributed by atoms with Crippen LogP contribution in [0.15, 0.2) is 36.4 Å². The zero-order valence-corrected chi connectivity index (χ0v) is 11.8. The van der Waals surface area contributed by atoms with Crippen molar-refractivity contribution < 1.29 is 17.6 Å². The fraction of sp³-hybridized carbons (Fsp3) is 0.200. The summed E-state index contributed by atoms with van der Waals surface area (Å²) in [7, 11) is 0. The molecular weight excluding hydrogens is 306 g/mol. The molecule has 0 aliphatic heterocycles. The first-order chi connectivity index (χ1) is 9.77. The standard InChI is InChI=1S/C15H12ClF4N/c1-9-6-11(16)3-2-10(9)8-21-12-4-5-14(17)13(7-12)15(18,19)20/h2-7,21H,8H2,1H3. The van der Waals surface area contributed by atoms with Crippen molar-refractivity contribution in [1.82, 2.24) is 0 Å². The molecule has 0 aliphatic rings. The van der Waals surface area contributed by atoms with Crippen LogP contribution < -0.4 is 5.32 Å². The molecule has 0 spiro atoms. The first-order valence-electron chi connectivity index (χ1n) is 6.13. The van der Waals surface area contributed by atoms with Crippen molar-refractivity contribution in [2.45, 2.75) is 19.6 Å². The Labute approximate surface area is 124 Å². The summed E-state index contributed by atoms with van der Waals surface area (Å²) >= 11 is 5.84. The normalized spacial score (nSPS) is 11.5. The molecule has 0 aliphatic carbocycles. The Kier molecular flexibility index (Phi) is 4.42. The number of benzene rings is 2. The Morgan fingerprint density at radius 1 is 1.10 bits per heavy atom. The molecule has 0 radical (unpaired) electrons. The lowest BCUT2D eigenvalue weighted by Gasteiger charge is -2.13. The van der Waals surface area contributed by atoms with Gasteiger partial charge in [-0.1, -0.05) is 17.7 Å². The number of hydrogen-bond donors (Lipinski definition) is 1. The van der Waals surface area contributed by atoms with Crippen molar-refractivity contribution >= 4 is 17.3 Å². The van der Waals surface area contributed by atoms with Gasteiger partial charge >= 0.3 is 6.18 Å². The van der Waals surface area contributed by atoms with Gasteiger partial charge in [-0.15, -0.1) is 0 Å². The van der Waals surface area contributed by atoms with E-state index >= 15 is 0 Å². The van der Waals surface area contributed by atoms with Gasteiger partial charge in [0, 0.05) is 17.3 Å². The molecule has 0 amide bonds. The van der Waals surface area contributed by atoms with Crippen molar-refractivity contribution in [3.8, 4) is 0 Å². The Bertz CT molecular complexity index is 653. The van der Waals surface area contributed by atoms with E-state index in [1.165, 1.54) is 6.07 Å². The second-order valence-corrected chi connectivity index (χ2v) is 5.05. The predicted octanol–water partition coefficient (Wildman–Crippen LogP) is 5.42. The van der Waals surface area contributed by atoms with Crippen molar-refractivity contribution in [2.24, 2.45) is 0 Å². The minimum Gasteiger partial charge on any atom is -0.381 e. The van der Waals surface area contributed by atoms with E-state index in [-0.39, 0.29) is 5.69 Å². The van der Waals surface area contributed by atoms with Crippen LogP contribution in [0, 0.1) is 12.7 Å². The molecule has 1 nitrogen and oxygen atoms in total. The third-order valence-corrected chi connectivity index (χ3v) is 3.29. The van der Waals surface area contributed by atoms with Crippen LogP contribution in [0.25, 0.3) is 0 Å². The summed E-state index contributed by atoms with van der Waals surface area (Å²) in [6, 6.07) is 8.11. The second kappa shape index (κ2) is 5.93. The van der Waals surface area contributed by atoms with E-state index in [0.29, 0.717) is 11.6 Å². The highest BCUT2D eigenvalue weighted by molar-refractivity contribution is 6.30. The number of nitrogens with one attached hydrogen (secondary N) is 1. The minimum atomic E-state index is -4.71. The van der Waals surface area contributed by atoms with Gasteiger partial charge in [-0.2, -0.15) is 13.2 Å². The Balaban J connectivity index is 2.17. The Hall–Kier alpha value is -1.75. The van der Waals surface area contributed by atoms with Crippen LogP contribution in [0.4, 0.5) is 23.2 Å². The van der Waals surface area contributed by atoms with Gasteiger partial charge in [0.1, 0.15) is 5.82 Å². The van der Waals surface area contributed by atoms with Crippen LogP contribution in [0.2, 0.25) is 5.02 Å². The van der Waals surface area contributed by atoms with Crippen molar-refractivity contribution in [2.75, 3.05) is 5.32 Å². The van der Waals surface area contributed by atoms with Gasteiger partial charge < -0.3 is 5.32 Å². The molecule has 1 N–H and O–H groups in total. The molecule has 0 saturated heterocycles. The van der Waals surface area contributed by atoms with Crippen molar-refractivity contribution in [3.63, 3.8) is 0 Å². The summed E-state index contributed by atoms with van der Waals surface area (Å²) in [4.78, 5) is 0. The maximum atomic E-state index is 13.2. The third-order valence-electron chi connectivity index (χ3n) is 3.06. The molecule has 0 aromatic heterocycles. The van der Waals surface area contributed by atoms with Gasteiger partial charge in [0.05, 0.1) is 5.56 Å². The van der Waals surface area contributed by atoms with E-state index in [4.69, 9.17) is 11.6 Å². The Morgan fingerprint density at radius 2 is 1.81 bits per heavy atom. The molecule has 0 fully saturated rings. The van der Waals surface area contributed by atoms with Gasteiger partial charge in [0.2, 0.25) is 0 Å². The Morgan fingerprint density at radius 3 is 2.43 bits per heavy atom. The summed E-state index contributed by atoms with van der Waals surface area (Å²) in [5, 5.41) is 3.45. The molecule has 2 aromatic rings. The first kappa shape index (κ1) is 15.6. The predicted molar refractivity (Wildman–Crippen MR) is 74.9 cm³/mol. The summed E-state index contributed by atoms with van der Waals surface area (Å²) in [6.45, 7) is 2.18. The fourth-order valence-electron chi connectivity index (χ4n) is 1.91. The van der Waals surface area contributed by atoms with E-state index in [9.17, 15) is 17.6 Å². The lowest BCUT2D eigenvalue weighted by Crippen LogP contribution is -2.09. The van der Waals surface area contributed by atoms with E-state index < -0.39 is 17.6 Å². The van der Waals surface area contributed by atoms with E-state index in [1.807, 2.05) is 6.92 Å². The molecule has 0 saturated carbocycles. The molecule has 112 valence electrons. The third kappa shape index (κ3) is 3.88. The van der Waals surface area contributed by atoms with Gasteiger partial charge in [0.25, 0.3) is 0 Å². The molecular formula is C15H12ClF4N. The monoisotopic (exact) mass is 317 g/mol. The number of rotatable bonds is 3.